The second kappa shape index (κ2) is 6.32. The Morgan fingerprint density at radius 1 is 1.45 bits per heavy atom. The highest BCUT2D eigenvalue weighted by molar-refractivity contribution is 5.89. The molecule has 106 valence electrons. The summed E-state index contributed by atoms with van der Waals surface area (Å²) in [7, 11) is 0. The summed E-state index contributed by atoms with van der Waals surface area (Å²) in [5, 5.41) is 3.61. The smallest absolute Gasteiger partial charge is 0.411 e. The van der Waals surface area contributed by atoms with E-state index in [1.54, 1.807) is 6.20 Å². The molecule has 5 nitrogen and oxygen atoms in total. The number of anilines is 1. The van der Waals surface area contributed by atoms with Crippen molar-refractivity contribution < 1.29 is 9.53 Å². The van der Waals surface area contributed by atoms with Crippen molar-refractivity contribution in [2.45, 2.75) is 27.2 Å². The zero-order chi connectivity index (χ0) is 14.5. The van der Waals surface area contributed by atoms with E-state index in [1.807, 2.05) is 25.1 Å². The van der Waals surface area contributed by atoms with Crippen LogP contribution >= 0.6 is 0 Å². The van der Waals surface area contributed by atoms with E-state index in [4.69, 9.17) is 4.74 Å². The van der Waals surface area contributed by atoms with E-state index >= 15 is 0 Å². The first kappa shape index (κ1) is 14.2. The lowest BCUT2D eigenvalue weighted by Crippen LogP contribution is -2.16. The van der Waals surface area contributed by atoms with Crippen LogP contribution in [0.2, 0.25) is 0 Å². The molecular weight excluding hydrogens is 254 g/mol. The molecule has 20 heavy (non-hydrogen) atoms. The normalized spacial score (nSPS) is 10.8. The third-order valence-corrected chi connectivity index (χ3v) is 2.95. The highest BCUT2D eigenvalue weighted by Crippen LogP contribution is 2.19. The summed E-state index contributed by atoms with van der Waals surface area (Å²) in [5.41, 5.74) is 2.04. The number of hydrogen-bond acceptors (Lipinski definition) is 4. The van der Waals surface area contributed by atoms with Crippen molar-refractivity contribution in [3.05, 3.63) is 30.1 Å². The van der Waals surface area contributed by atoms with Crippen LogP contribution in [-0.2, 0) is 4.74 Å². The fourth-order valence-electron chi connectivity index (χ4n) is 1.75. The maximum Gasteiger partial charge on any atom is 0.411 e. The molecule has 2 heterocycles. The molecule has 0 unspecified atom stereocenters. The van der Waals surface area contributed by atoms with Crippen LogP contribution in [-0.4, -0.2) is 22.7 Å². The van der Waals surface area contributed by atoms with Crippen LogP contribution < -0.4 is 5.32 Å². The Hall–Kier alpha value is -2.17. The van der Waals surface area contributed by atoms with Crippen LogP contribution in [0.4, 0.5) is 10.5 Å². The zero-order valence-electron chi connectivity index (χ0n) is 12.0. The van der Waals surface area contributed by atoms with Crippen molar-refractivity contribution in [3.63, 3.8) is 0 Å². The number of nitrogens with one attached hydrogen (secondary N) is 1. The summed E-state index contributed by atoms with van der Waals surface area (Å²) in [6.07, 6.45) is 2.10. The molecule has 0 fully saturated rings. The SMILES string of the molecule is Cc1nc2ncccc2cc1NC(=O)OCCC(C)C. The Morgan fingerprint density at radius 2 is 2.25 bits per heavy atom. The number of rotatable bonds is 4. The number of amides is 1. The quantitative estimate of drug-likeness (QED) is 0.925. The average Bonchev–Trinajstić information content (AvgIpc) is 2.39. The van der Waals surface area contributed by atoms with Crippen LogP contribution in [0.25, 0.3) is 11.0 Å². The average molecular weight is 273 g/mol. The molecule has 0 radical (unpaired) electrons. The van der Waals surface area contributed by atoms with Gasteiger partial charge < -0.3 is 4.74 Å². The van der Waals surface area contributed by atoms with Gasteiger partial charge in [-0.25, -0.2) is 14.8 Å². The van der Waals surface area contributed by atoms with Crippen LogP contribution in [0.5, 0.6) is 0 Å². The fourth-order valence-corrected chi connectivity index (χ4v) is 1.75. The Kier molecular flexibility index (Phi) is 4.50. The van der Waals surface area contributed by atoms with Gasteiger partial charge >= 0.3 is 6.09 Å². The highest BCUT2D eigenvalue weighted by Gasteiger charge is 2.08. The summed E-state index contributed by atoms with van der Waals surface area (Å²) in [6.45, 7) is 6.43. The molecule has 0 saturated heterocycles. The molecule has 0 atom stereocenters. The molecule has 0 spiro atoms. The molecule has 0 saturated carbocycles. The van der Waals surface area contributed by atoms with E-state index in [0.29, 0.717) is 23.9 Å². The molecule has 0 aliphatic heterocycles. The van der Waals surface area contributed by atoms with E-state index in [1.165, 1.54) is 0 Å². The fraction of sp³-hybridized carbons (Fsp3) is 0.400. The summed E-state index contributed by atoms with van der Waals surface area (Å²) in [5.74, 6) is 0.512. The predicted octanol–water partition coefficient (Wildman–Crippen LogP) is 3.53. The standard InChI is InChI=1S/C15H19N3O2/c1-10(2)6-8-20-15(19)18-13-9-12-5-4-7-16-14(12)17-11(13)3/h4-5,7,9-10H,6,8H2,1-3H3,(H,18,19). The van der Waals surface area contributed by atoms with Crippen molar-refractivity contribution in [2.75, 3.05) is 11.9 Å². The van der Waals surface area contributed by atoms with Crippen LogP contribution in [0.1, 0.15) is 26.0 Å². The molecule has 1 N–H and O–H groups in total. The first-order valence-electron chi connectivity index (χ1n) is 6.72. The minimum Gasteiger partial charge on any atom is -0.449 e. The van der Waals surface area contributed by atoms with Crippen LogP contribution in [0, 0.1) is 12.8 Å². The molecule has 0 aliphatic rings. The van der Waals surface area contributed by atoms with Gasteiger partial charge in [0.05, 0.1) is 18.0 Å². The number of hydrogen-bond donors (Lipinski definition) is 1. The lowest BCUT2D eigenvalue weighted by Gasteiger charge is -2.10. The van der Waals surface area contributed by atoms with E-state index in [0.717, 1.165) is 17.5 Å². The second-order valence-corrected chi connectivity index (χ2v) is 5.11. The summed E-state index contributed by atoms with van der Waals surface area (Å²) in [6, 6.07) is 5.60. The van der Waals surface area contributed by atoms with Gasteiger partial charge in [-0.05, 0) is 37.5 Å². The number of aryl methyl sites for hydroxylation is 1. The van der Waals surface area contributed by atoms with E-state index in [2.05, 4.69) is 29.1 Å². The van der Waals surface area contributed by atoms with Crippen molar-refractivity contribution in [1.29, 1.82) is 0 Å². The zero-order valence-corrected chi connectivity index (χ0v) is 12.0. The van der Waals surface area contributed by atoms with Gasteiger partial charge in [-0.15, -0.1) is 0 Å². The van der Waals surface area contributed by atoms with E-state index in [9.17, 15) is 4.79 Å². The third-order valence-electron chi connectivity index (χ3n) is 2.95. The van der Waals surface area contributed by atoms with E-state index < -0.39 is 6.09 Å². The third kappa shape index (κ3) is 3.66. The molecule has 0 bridgehead atoms. The van der Waals surface area contributed by atoms with Crippen molar-refractivity contribution in [2.24, 2.45) is 5.92 Å². The summed E-state index contributed by atoms with van der Waals surface area (Å²) >= 11 is 0. The lowest BCUT2D eigenvalue weighted by atomic mass is 10.1. The van der Waals surface area contributed by atoms with Gasteiger partial charge in [-0.2, -0.15) is 0 Å². The van der Waals surface area contributed by atoms with Crippen molar-refractivity contribution in [1.82, 2.24) is 9.97 Å². The van der Waals surface area contributed by atoms with Gasteiger partial charge in [0.25, 0.3) is 0 Å². The Bertz CT molecular complexity index is 611. The minimum atomic E-state index is -0.446. The van der Waals surface area contributed by atoms with Gasteiger partial charge in [0.15, 0.2) is 5.65 Å². The highest BCUT2D eigenvalue weighted by atomic mass is 16.5. The maximum absolute atomic E-state index is 11.7. The molecule has 0 aromatic carbocycles. The number of aromatic nitrogens is 2. The molecule has 2 aromatic heterocycles. The first-order valence-corrected chi connectivity index (χ1v) is 6.72. The van der Waals surface area contributed by atoms with Gasteiger partial charge in [0, 0.05) is 11.6 Å². The Labute approximate surface area is 118 Å². The second-order valence-electron chi connectivity index (χ2n) is 5.11. The van der Waals surface area contributed by atoms with E-state index in [-0.39, 0.29) is 0 Å². The topological polar surface area (TPSA) is 64.1 Å². The number of fused-ring (bicyclic) bond motifs is 1. The lowest BCUT2D eigenvalue weighted by molar-refractivity contribution is 0.155. The number of carbonyl (C=O) groups is 1. The van der Waals surface area contributed by atoms with Gasteiger partial charge in [0.1, 0.15) is 0 Å². The molecule has 0 aliphatic carbocycles. The number of nitrogens with zero attached hydrogens (tertiary/aromatic N) is 2. The van der Waals surface area contributed by atoms with Gasteiger partial charge in [-0.1, -0.05) is 13.8 Å². The molecule has 2 rings (SSSR count). The minimum absolute atomic E-state index is 0.422. The van der Waals surface area contributed by atoms with Gasteiger partial charge in [0.2, 0.25) is 0 Å². The van der Waals surface area contributed by atoms with Gasteiger partial charge in [-0.3, -0.25) is 5.32 Å². The Balaban J connectivity index is 2.05. The monoisotopic (exact) mass is 273 g/mol. The number of ether oxygens (including phenoxy) is 1. The van der Waals surface area contributed by atoms with Crippen molar-refractivity contribution >= 4 is 22.8 Å². The number of pyridine rings is 2. The van der Waals surface area contributed by atoms with Crippen LogP contribution in [0.3, 0.4) is 0 Å². The largest absolute Gasteiger partial charge is 0.449 e. The predicted molar refractivity (Wildman–Crippen MR) is 78.7 cm³/mol. The molecule has 2 aromatic rings. The maximum atomic E-state index is 11.7. The van der Waals surface area contributed by atoms with Crippen LogP contribution in [0.15, 0.2) is 24.4 Å². The molecular formula is C15H19N3O2. The summed E-state index contributed by atoms with van der Waals surface area (Å²) in [4.78, 5) is 20.2. The Morgan fingerprint density at radius 3 is 3.00 bits per heavy atom. The summed E-state index contributed by atoms with van der Waals surface area (Å²) < 4.78 is 5.13. The number of carbonyl (C=O) groups excluding carboxylic acids is 1. The molecule has 5 heteroatoms. The molecule has 1 amide bonds. The first-order chi connectivity index (χ1) is 9.56. The van der Waals surface area contributed by atoms with Crippen molar-refractivity contribution in [3.8, 4) is 0 Å².